The number of carbonyl (C=O) groups is 1. The van der Waals surface area contributed by atoms with Gasteiger partial charge in [-0.25, -0.2) is 0 Å². The van der Waals surface area contributed by atoms with Gasteiger partial charge < -0.3 is 10.6 Å². The molecule has 0 atom stereocenters. The smallest absolute Gasteiger partial charge is 0.242 e. The summed E-state index contributed by atoms with van der Waals surface area (Å²) in [5.41, 5.74) is 8.88. The molecule has 1 saturated carbocycles. The predicted molar refractivity (Wildman–Crippen MR) is 107 cm³/mol. The zero-order chi connectivity index (χ0) is 17.7. The summed E-state index contributed by atoms with van der Waals surface area (Å²) in [5.74, 6) is 0.0989. The molecule has 3 N–H and O–H groups in total. The first-order valence-electron chi connectivity index (χ1n) is 9.23. The Morgan fingerprint density at radius 2 is 1.92 bits per heavy atom. The van der Waals surface area contributed by atoms with E-state index in [9.17, 15) is 4.79 Å². The zero-order valence-electron chi connectivity index (χ0n) is 15.4. The minimum absolute atomic E-state index is 0. The number of rotatable bonds is 6. The van der Waals surface area contributed by atoms with Crippen LogP contribution in [0.2, 0.25) is 0 Å². The lowest BCUT2D eigenvalue weighted by molar-refractivity contribution is -0.136. The van der Waals surface area contributed by atoms with Gasteiger partial charge in [0.1, 0.15) is 0 Å². The van der Waals surface area contributed by atoms with Gasteiger partial charge in [0.15, 0.2) is 0 Å². The predicted octanol–water partition coefficient (Wildman–Crippen LogP) is 3.55. The number of aromatic nitrogens is 2. The Kier molecular flexibility index (Phi) is 7.23. The third-order valence-electron chi connectivity index (χ3n) is 5.16. The highest BCUT2D eigenvalue weighted by Gasteiger charge is 2.36. The second-order valence-electron chi connectivity index (χ2n) is 7.19. The number of benzene rings is 1. The average Bonchev–Trinajstić information content (AvgIpc) is 3.11. The highest BCUT2D eigenvalue weighted by molar-refractivity contribution is 5.86. The first-order valence-corrected chi connectivity index (χ1v) is 9.23. The van der Waals surface area contributed by atoms with E-state index in [1.54, 1.807) is 4.90 Å². The van der Waals surface area contributed by atoms with Crippen LogP contribution in [0.25, 0.3) is 11.3 Å². The Bertz CT molecular complexity index is 695. The SMILES string of the molecule is CN(CCCc1cc(-c2ccccc2)n[nH]1)C(=O)C1(N)CCCCC1.Cl. The Morgan fingerprint density at radius 3 is 2.62 bits per heavy atom. The molecule has 1 aromatic heterocycles. The van der Waals surface area contributed by atoms with E-state index in [1.807, 2.05) is 25.2 Å². The highest BCUT2D eigenvalue weighted by Crippen LogP contribution is 2.27. The standard InChI is InChI=1S/C20H28N4O.ClH/c1-24(19(25)20(21)12-6-3-7-13-20)14-8-11-17-15-18(23-22-17)16-9-4-2-5-10-16;/h2,4-5,9-10,15H,3,6-8,11-14,21H2,1H3,(H,22,23);1H. The fraction of sp³-hybridized carbons (Fsp3) is 0.500. The van der Waals surface area contributed by atoms with E-state index in [4.69, 9.17) is 5.73 Å². The fourth-order valence-corrected chi connectivity index (χ4v) is 3.63. The van der Waals surface area contributed by atoms with Crippen LogP contribution in [-0.2, 0) is 11.2 Å². The fourth-order valence-electron chi connectivity index (χ4n) is 3.63. The molecule has 1 aromatic carbocycles. The third kappa shape index (κ3) is 4.86. The lowest BCUT2D eigenvalue weighted by atomic mass is 9.81. The number of nitrogens with two attached hydrogens (primary N) is 1. The number of nitrogens with one attached hydrogen (secondary N) is 1. The molecule has 1 aliphatic rings. The van der Waals surface area contributed by atoms with Crippen molar-refractivity contribution in [2.75, 3.05) is 13.6 Å². The second kappa shape index (κ2) is 9.19. The van der Waals surface area contributed by atoms with Gasteiger partial charge >= 0.3 is 0 Å². The molecule has 0 saturated heterocycles. The molecule has 1 amide bonds. The van der Waals surface area contributed by atoms with Gasteiger partial charge in [-0.1, -0.05) is 49.6 Å². The van der Waals surface area contributed by atoms with Gasteiger partial charge in [0.2, 0.25) is 5.91 Å². The molecular formula is C20H29ClN4O. The Morgan fingerprint density at radius 1 is 1.23 bits per heavy atom. The maximum Gasteiger partial charge on any atom is 0.242 e. The summed E-state index contributed by atoms with van der Waals surface area (Å²) in [7, 11) is 1.87. The molecule has 0 spiro atoms. The highest BCUT2D eigenvalue weighted by atomic mass is 35.5. The van der Waals surface area contributed by atoms with Gasteiger partial charge in [0, 0.05) is 24.8 Å². The third-order valence-corrected chi connectivity index (χ3v) is 5.16. The Balaban J connectivity index is 0.00000243. The van der Waals surface area contributed by atoms with E-state index in [0.717, 1.165) is 62.0 Å². The normalized spacial score (nSPS) is 15.9. The summed E-state index contributed by atoms with van der Waals surface area (Å²) in [4.78, 5) is 14.4. The van der Waals surface area contributed by atoms with Gasteiger partial charge in [-0.3, -0.25) is 9.89 Å². The van der Waals surface area contributed by atoms with Crippen molar-refractivity contribution in [3.63, 3.8) is 0 Å². The van der Waals surface area contributed by atoms with Crippen molar-refractivity contribution in [2.45, 2.75) is 50.5 Å². The summed E-state index contributed by atoms with van der Waals surface area (Å²) in [6.07, 6.45) is 6.72. The van der Waals surface area contributed by atoms with Crippen molar-refractivity contribution in [3.05, 3.63) is 42.1 Å². The maximum atomic E-state index is 12.6. The topological polar surface area (TPSA) is 75.0 Å². The van der Waals surface area contributed by atoms with Crippen molar-refractivity contribution in [1.82, 2.24) is 15.1 Å². The number of carbonyl (C=O) groups excluding carboxylic acids is 1. The number of nitrogens with zero attached hydrogens (tertiary/aromatic N) is 2. The van der Waals surface area contributed by atoms with E-state index in [1.165, 1.54) is 6.42 Å². The number of aromatic amines is 1. The van der Waals surface area contributed by atoms with E-state index in [2.05, 4.69) is 28.4 Å². The first kappa shape index (κ1) is 20.5. The van der Waals surface area contributed by atoms with Crippen molar-refractivity contribution in [3.8, 4) is 11.3 Å². The summed E-state index contributed by atoms with van der Waals surface area (Å²) in [5, 5.41) is 7.48. The molecule has 1 aliphatic carbocycles. The molecule has 26 heavy (non-hydrogen) atoms. The van der Waals surface area contributed by atoms with Crippen LogP contribution in [0.5, 0.6) is 0 Å². The number of halogens is 1. The minimum Gasteiger partial charge on any atom is -0.344 e. The number of hydrogen-bond donors (Lipinski definition) is 2. The molecule has 1 fully saturated rings. The Labute approximate surface area is 161 Å². The number of likely N-dealkylation sites (N-methyl/N-ethyl adjacent to an activating group) is 1. The molecule has 0 radical (unpaired) electrons. The summed E-state index contributed by atoms with van der Waals surface area (Å²) < 4.78 is 0. The zero-order valence-corrected chi connectivity index (χ0v) is 16.2. The lowest BCUT2D eigenvalue weighted by Gasteiger charge is -2.35. The van der Waals surface area contributed by atoms with Gasteiger partial charge in [-0.05, 0) is 31.7 Å². The van der Waals surface area contributed by atoms with Crippen molar-refractivity contribution < 1.29 is 4.79 Å². The van der Waals surface area contributed by atoms with Gasteiger partial charge in [0.25, 0.3) is 0 Å². The van der Waals surface area contributed by atoms with Crippen molar-refractivity contribution in [1.29, 1.82) is 0 Å². The molecule has 6 heteroatoms. The molecule has 142 valence electrons. The molecule has 2 aromatic rings. The molecule has 0 aliphatic heterocycles. The molecule has 3 rings (SSSR count). The van der Waals surface area contributed by atoms with Crippen molar-refractivity contribution >= 4 is 18.3 Å². The van der Waals surface area contributed by atoms with Crippen molar-refractivity contribution in [2.24, 2.45) is 5.73 Å². The monoisotopic (exact) mass is 376 g/mol. The van der Waals surface area contributed by atoms with Crippen LogP contribution in [-0.4, -0.2) is 40.1 Å². The number of H-pyrrole nitrogens is 1. The van der Waals surface area contributed by atoms with E-state index < -0.39 is 5.54 Å². The van der Waals surface area contributed by atoms with Crippen LogP contribution in [0.3, 0.4) is 0 Å². The largest absolute Gasteiger partial charge is 0.344 e. The summed E-state index contributed by atoms with van der Waals surface area (Å²) in [6.45, 7) is 0.720. The number of amides is 1. The van der Waals surface area contributed by atoms with Crippen LogP contribution in [0, 0.1) is 0 Å². The van der Waals surface area contributed by atoms with Crippen LogP contribution in [0.1, 0.15) is 44.2 Å². The molecule has 5 nitrogen and oxygen atoms in total. The maximum absolute atomic E-state index is 12.6. The number of hydrogen-bond acceptors (Lipinski definition) is 3. The number of aryl methyl sites for hydroxylation is 1. The van der Waals surface area contributed by atoms with Crippen LogP contribution in [0.4, 0.5) is 0 Å². The van der Waals surface area contributed by atoms with Crippen LogP contribution in [0.15, 0.2) is 36.4 Å². The van der Waals surface area contributed by atoms with E-state index in [-0.39, 0.29) is 18.3 Å². The molecule has 0 unspecified atom stereocenters. The van der Waals surface area contributed by atoms with E-state index >= 15 is 0 Å². The summed E-state index contributed by atoms with van der Waals surface area (Å²) >= 11 is 0. The lowest BCUT2D eigenvalue weighted by Crippen LogP contribution is -2.55. The van der Waals surface area contributed by atoms with E-state index in [0.29, 0.717) is 0 Å². The average molecular weight is 377 g/mol. The quantitative estimate of drug-likeness (QED) is 0.809. The van der Waals surface area contributed by atoms with Gasteiger partial charge in [-0.15, -0.1) is 12.4 Å². The van der Waals surface area contributed by atoms with Gasteiger partial charge in [-0.2, -0.15) is 5.10 Å². The van der Waals surface area contributed by atoms with Gasteiger partial charge in [0.05, 0.1) is 11.2 Å². The first-order chi connectivity index (χ1) is 12.1. The minimum atomic E-state index is -0.637. The Hall–Kier alpha value is -1.85. The molecular weight excluding hydrogens is 348 g/mol. The molecule has 0 bridgehead atoms. The summed E-state index contributed by atoms with van der Waals surface area (Å²) in [6, 6.07) is 12.2. The van der Waals surface area contributed by atoms with Crippen LogP contribution >= 0.6 is 12.4 Å². The molecule has 1 heterocycles. The van der Waals surface area contributed by atoms with Crippen LogP contribution < -0.4 is 5.73 Å². The second-order valence-corrected chi connectivity index (χ2v) is 7.19.